The molecule has 16 heavy (non-hydrogen) atoms. The van der Waals surface area contributed by atoms with Crippen LogP contribution in [0.3, 0.4) is 0 Å². The van der Waals surface area contributed by atoms with E-state index in [2.05, 4.69) is 26.1 Å². The standard InChI is InChI=1S/C9H3BrFN3OS/c10-8-13-14-9(16-8)15-7-3-1-2-6(11)5(7)4-12/h1-3H. The Bertz CT molecular complexity index is 566. The first-order valence-electron chi connectivity index (χ1n) is 4.06. The van der Waals surface area contributed by atoms with Gasteiger partial charge in [-0.25, -0.2) is 4.39 Å². The van der Waals surface area contributed by atoms with Crippen molar-refractivity contribution < 1.29 is 9.13 Å². The van der Waals surface area contributed by atoms with Crippen LogP contribution >= 0.6 is 27.3 Å². The Labute approximate surface area is 102 Å². The molecule has 2 aromatic rings. The molecule has 0 radical (unpaired) electrons. The molecule has 2 rings (SSSR count). The summed E-state index contributed by atoms with van der Waals surface area (Å²) in [7, 11) is 0. The molecular weight excluding hydrogens is 297 g/mol. The van der Waals surface area contributed by atoms with Crippen LogP contribution in [0.5, 0.6) is 10.9 Å². The quantitative estimate of drug-likeness (QED) is 0.855. The van der Waals surface area contributed by atoms with Gasteiger partial charge in [0.2, 0.25) is 0 Å². The third-order valence-electron chi connectivity index (χ3n) is 1.67. The fourth-order valence-corrected chi connectivity index (χ4v) is 1.96. The number of halogens is 2. The third kappa shape index (κ3) is 2.18. The highest BCUT2D eigenvalue weighted by atomic mass is 79.9. The Morgan fingerprint density at radius 1 is 1.44 bits per heavy atom. The molecule has 0 N–H and O–H groups in total. The zero-order valence-electron chi connectivity index (χ0n) is 7.65. The maximum atomic E-state index is 13.2. The lowest BCUT2D eigenvalue weighted by molar-refractivity contribution is 0.465. The molecule has 1 aromatic carbocycles. The normalized spacial score (nSPS) is 9.81. The van der Waals surface area contributed by atoms with E-state index in [9.17, 15) is 4.39 Å². The highest BCUT2D eigenvalue weighted by Crippen LogP contribution is 2.30. The smallest absolute Gasteiger partial charge is 0.300 e. The summed E-state index contributed by atoms with van der Waals surface area (Å²) in [6.45, 7) is 0. The average molecular weight is 300 g/mol. The lowest BCUT2D eigenvalue weighted by atomic mass is 10.2. The summed E-state index contributed by atoms with van der Waals surface area (Å²) in [6, 6.07) is 5.89. The summed E-state index contributed by atoms with van der Waals surface area (Å²) < 4.78 is 19.0. The number of ether oxygens (including phenoxy) is 1. The number of benzene rings is 1. The summed E-state index contributed by atoms with van der Waals surface area (Å²) in [5.74, 6) is -0.491. The molecule has 7 heteroatoms. The maximum absolute atomic E-state index is 13.2. The predicted molar refractivity (Wildman–Crippen MR) is 58.8 cm³/mol. The van der Waals surface area contributed by atoms with Crippen LogP contribution < -0.4 is 4.74 Å². The van der Waals surface area contributed by atoms with Crippen molar-refractivity contribution in [1.82, 2.24) is 10.2 Å². The maximum Gasteiger partial charge on any atom is 0.300 e. The van der Waals surface area contributed by atoms with Crippen molar-refractivity contribution in [2.24, 2.45) is 0 Å². The molecule has 1 heterocycles. The van der Waals surface area contributed by atoms with Gasteiger partial charge in [-0.05, 0) is 39.4 Å². The molecular formula is C9H3BrFN3OS. The highest BCUT2D eigenvalue weighted by Gasteiger charge is 2.11. The van der Waals surface area contributed by atoms with Crippen LogP contribution in [0.2, 0.25) is 0 Å². The highest BCUT2D eigenvalue weighted by molar-refractivity contribution is 9.11. The second-order valence-electron chi connectivity index (χ2n) is 2.65. The Morgan fingerprint density at radius 2 is 2.25 bits per heavy atom. The molecule has 0 amide bonds. The number of hydrogen-bond donors (Lipinski definition) is 0. The number of rotatable bonds is 2. The van der Waals surface area contributed by atoms with Gasteiger partial charge in [0.05, 0.1) is 0 Å². The van der Waals surface area contributed by atoms with Gasteiger partial charge >= 0.3 is 0 Å². The van der Waals surface area contributed by atoms with Crippen LogP contribution in [0.4, 0.5) is 4.39 Å². The monoisotopic (exact) mass is 299 g/mol. The van der Waals surface area contributed by atoms with Gasteiger partial charge in [-0.2, -0.15) is 5.26 Å². The summed E-state index contributed by atoms with van der Waals surface area (Å²) in [5.41, 5.74) is -0.145. The second kappa shape index (κ2) is 4.55. The number of hydrogen-bond acceptors (Lipinski definition) is 5. The van der Waals surface area contributed by atoms with Gasteiger partial charge in [-0.15, -0.1) is 5.10 Å². The van der Waals surface area contributed by atoms with Crippen LogP contribution in [-0.2, 0) is 0 Å². The van der Waals surface area contributed by atoms with Crippen molar-refractivity contribution in [3.8, 4) is 17.0 Å². The van der Waals surface area contributed by atoms with E-state index in [1.807, 2.05) is 0 Å². The van der Waals surface area contributed by atoms with Crippen molar-refractivity contribution in [1.29, 1.82) is 5.26 Å². The van der Waals surface area contributed by atoms with Gasteiger partial charge in [-0.1, -0.05) is 11.2 Å². The van der Waals surface area contributed by atoms with E-state index in [0.29, 0.717) is 3.92 Å². The van der Waals surface area contributed by atoms with Crippen LogP contribution in [0.25, 0.3) is 0 Å². The molecule has 0 saturated heterocycles. The Balaban J connectivity index is 2.35. The molecule has 80 valence electrons. The summed E-state index contributed by atoms with van der Waals surface area (Å²) in [5, 5.41) is 16.4. The van der Waals surface area contributed by atoms with Crippen LogP contribution in [0.15, 0.2) is 22.1 Å². The minimum absolute atomic E-state index is 0.131. The van der Waals surface area contributed by atoms with Gasteiger partial charge in [-0.3, -0.25) is 0 Å². The van der Waals surface area contributed by atoms with Gasteiger partial charge in [0.1, 0.15) is 17.4 Å². The fourth-order valence-electron chi connectivity index (χ4n) is 1.03. The molecule has 0 unspecified atom stereocenters. The van der Waals surface area contributed by atoms with Crippen LogP contribution in [-0.4, -0.2) is 10.2 Å². The number of nitrogens with zero attached hydrogens (tertiary/aromatic N) is 3. The van der Waals surface area contributed by atoms with Crippen molar-refractivity contribution in [2.45, 2.75) is 0 Å². The molecule has 0 spiro atoms. The summed E-state index contributed by atoms with van der Waals surface area (Å²) >= 11 is 4.27. The van der Waals surface area contributed by atoms with Crippen molar-refractivity contribution >= 4 is 27.3 Å². The van der Waals surface area contributed by atoms with E-state index in [-0.39, 0.29) is 16.5 Å². The van der Waals surface area contributed by atoms with Crippen LogP contribution in [0.1, 0.15) is 5.56 Å². The summed E-state index contributed by atoms with van der Waals surface area (Å²) in [4.78, 5) is 0. The average Bonchev–Trinajstić information content (AvgIpc) is 2.64. The molecule has 0 aliphatic heterocycles. The van der Waals surface area contributed by atoms with Gasteiger partial charge in [0.25, 0.3) is 5.19 Å². The fraction of sp³-hybridized carbons (Fsp3) is 0. The lowest BCUT2D eigenvalue weighted by Crippen LogP contribution is -1.91. The van der Waals surface area contributed by atoms with E-state index < -0.39 is 5.82 Å². The first kappa shape index (κ1) is 11.0. The zero-order chi connectivity index (χ0) is 11.5. The Kier molecular flexibility index (Phi) is 3.12. The van der Waals surface area contributed by atoms with E-state index in [4.69, 9.17) is 10.00 Å². The van der Waals surface area contributed by atoms with E-state index in [1.54, 1.807) is 6.07 Å². The number of nitriles is 1. The molecule has 4 nitrogen and oxygen atoms in total. The second-order valence-corrected chi connectivity index (χ2v) is 4.86. The minimum Gasteiger partial charge on any atom is -0.428 e. The SMILES string of the molecule is N#Cc1c(F)cccc1Oc1nnc(Br)s1. The molecule has 0 bridgehead atoms. The van der Waals surface area contributed by atoms with Crippen LogP contribution in [0, 0.1) is 17.1 Å². The Hall–Kier alpha value is -1.52. The van der Waals surface area contributed by atoms with Crippen molar-refractivity contribution in [3.05, 3.63) is 33.5 Å². The molecule has 0 atom stereocenters. The van der Waals surface area contributed by atoms with Gasteiger partial charge in [0.15, 0.2) is 9.67 Å². The molecule has 0 aliphatic rings. The molecule has 0 aliphatic carbocycles. The van der Waals surface area contributed by atoms with Gasteiger partial charge < -0.3 is 4.74 Å². The first-order valence-corrected chi connectivity index (χ1v) is 5.67. The topological polar surface area (TPSA) is 58.8 Å². The van der Waals surface area contributed by atoms with Gasteiger partial charge in [0, 0.05) is 0 Å². The first-order chi connectivity index (χ1) is 7.70. The Morgan fingerprint density at radius 3 is 2.88 bits per heavy atom. The predicted octanol–water partition coefficient (Wildman–Crippen LogP) is 3.10. The molecule has 0 saturated carbocycles. The third-order valence-corrected chi connectivity index (χ3v) is 2.90. The molecule has 0 fully saturated rings. The molecule has 1 aromatic heterocycles. The van der Waals surface area contributed by atoms with Crippen molar-refractivity contribution in [3.63, 3.8) is 0 Å². The largest absolute Gasteiger partial charge is 0.428 e. The zero-order valence-corrected chi connectivity index (χ0v) is 10.0. The summed E-state index contributed by atoms with van der Waals surface area (Å²) in [6.07, 6.45) is 0. The van der Waals surface area contributed by atoms with E-state index >= 15 is 0 Å². The minimum atomic E-state index is -0.622. The van der Waals surface area contributed by atoms with E-state index in [0.717, 1.165) is 11.3 Å². The van der Waals surface area contributed by atoms with Crippen molar-refractivity contribution in [2.75, 3.05) is 0 Å². The number of aromatic nitrogens is 2. The van der Waals surface area contributed by atoms with E-state index in [1.165, 1.54) is 18.2 Å². The lowest BCUT2D eigenvalue weighted by Gasteiger charge is -2.02.